The summed E-state index contributed by atoms with van der Waals surface area (Å²) in [6.45, 7) is 40.7. The molecule has 0 spiro atoms. The van der Waals surface area contributed by atoms with Crippen molar-refractivity contribution in [2.24, 2.45) is 0 Å². The van der Waals surface area contributed by atoms with Crippen LogP contribution in [0.15, 0.2) is 114 Å². The summed E-state index contributed by atoms with van der Waals surface area (Å²) in [5.74, 6) is 0. The van der Waals surface area contributed by atoms with Crippen molar-refractivity contribution in [1.29, 1.82) is 0 Å². The Balaban J connectivity index is 1.33. The van der Waals surface area contributed by atoms with E-state index in [1.54, 1.807) is 0 Å². The van der Waals surface area contributed by atoms with Crippen molar-refractivity contribution in [2.45, 2.75) is 181 Å². The van der Waals surface area contributed by atoms with Crippen LogP contribution in [0.4, 0.5) is 34.1 Å². The van der Waals surface area contributed by atoms with E-state index in [1.165, 1.54) is 94.8 Å². The van der Waals surface area contributed by atoms with Gasteiger partial charge in [-0.15, -0.1) is 0 Å². The summed E-state index contributed by atoms with van der Waals surface area (Å²) in [5.41, 5.74) is 24.2. The Morgan fingerprint density at radius 2 is 1.01 bits per heavy atom. The number of hydrogen-bond donors (Lipinski definition) is 0. The van der Waals surface area contributed by atoms with E-state index in [-0.39, 0.29) is 44.6 Å². The van der Waals surface area contributed by atoms with Crippen LogP contribution in [-0.2, 0) is 37.9 Å². The van der Waals surface area contributed by atoms with Gasteiger partial charge in [0.05, 0.1) is 17.0 Å². The van der Waals surface area contributed by atoms with Gasteiger partial charge in [0.25, 0.3) is 6.71 Å². The molecule has 11 rings (SSSR count). The zero-order chi connectivity index (χ0) is 50.0. The van der Waals surface area contributed by atoms with Crippen LogP contribution in [0.3, 0.4) is 0 Å². The molecule has 6 aromatic carbocycles. The van der Waals surface area contributed by atoms with Crippen LogP contribution < -0.4 is 26.4 Å². The third-order valence-electron chi connectivity index (χ3n) is 17.6. The first-order valence-electron chi connectivity index (χ1n) is 26.5. The Labute approximate surface area is 421 Å². The minimum atomic E-state index is -0.155. The Hall–Kier alpha value is -5.48. The summed E-state index contributed by atoms with van der Waals surface area (Å²) in [6, 6.07) is 43.1. The Bertz CT molecular complexity index is 3270. The first-order valence-corrected chi connectivity index (χ1v) is 26.5. The summed E-state index contributed by atoms with van der Waals surface area (Å²) in [5, 5.41) is 1.21. The SMILES string of the molecule is CC(C)(C)c1ccc(N2c3cc(C(C)(C)C)cc4c3B(c3ccc5c(c3N4c3ccc(C(C)(C)C)cc3-c3ccccc3)C(C)(C)CCC5(C)C)c3oc4cc5c(cc4c32)C(C)(C)CCC5(C)C)cc1. The molecule has 3 heterocycles. The van der Waals surface area contributed by atoms with Crippen molar-refractivity contribution in [3.05, 3.63) is 148 Å². The lowest BCUT2D eigenvalue weighted by Gasteiger charge is -2.49. The molecule has 0 bridgehead atoms. The van der Waals surface area contributed by atoms with Gasteiger partial charge in [-0.05, 0) is 168 Å². The van der Waals surface area contributed by atoms with Crippen molar-refractivity contribution < 1.29 is 4.42 Å². The average Bonchev–Trinajstić information content (AvgIpc) is 3.66. The molecule has 7 aromatic rings. The molecule has 0 atom stereocenters. The number of hydrogen-bond acceptors (Lipinski definition) is 3. The number of anilines is 6. The lowest BCUT2D eigenvalue weighted by molar-refractivity contribution is 0.332. The van der Waals surface area contributed by atoms with Gasteiger partial charge >= 0.3 is 0 Å². The summed E-state index contributed by atoms with van der Waals surface area (Å²) in [4.78, 5) is 5.36. The third-order valence-corrected chi connectivity index (χ3v) is 17.6. The molecule has 4 heteroatoms. The molecule has 1 aromatic heterocycles. The van der Waals surface area contributed by atoms with Crippen LogP contribution in [0, 0.1) is 0 Å². The lowest BCUT2D eigenvalue weighted by atomic mass is 9.34. The van der Waals surface area contributed by atoms with Crippen LogP contribution in [0.2, 0.25) is 0 Å². The zero-order valence-electron chi connectivity index (χ0n) is 45.6. The minimum absolute atomic E-state index is 0.00832. The van der Waals surface area contributed by atoms with Gasteiger partial charge in [0.15, 0.2) is 0 Å². The molecule has 0 fully saturated rings. The molecule has 70 heavy (non-hydrogen) atoms. The Kier molecular flexibility index (Phi) is 10.1. The average molecular weight is 925 g/mol. The summed E-state index contributed by atoms with van der Waals surface area (Å²) < 4.78 is 7.72. The fourth-order valence-corrected chi connectivity index (χ4v) is 12.9. The molecule has 2 aliphatic carbocycles. The highest BCUT2D eigenvalue weighted by molar-refractivity contribution is 7.00. The van der Waals surface area contributed by atoms with Gasteiger partial charge in [0.1, 0.15) is 5.58 Å². The standard InChI is InChI=1S/C66H77BN2O/c1-60(2,3)41-23-26-44(27-24-41)68-52-36-43(62(7,8)9)37-53-56(52)67(59-57(68)46-38-48-49(39-54(46)70-59)65(14,15)32-31-64(48,12)13)50-29-28-47-55(66(16,17)34-33-63(47,10)11)58(50)69(53)51-30-25-42(61(4,5)6)35-45(51)40-21-19-18-20-22-40/h18-30,35-39H,31-34H2,1-17H3. The van der Waals surface area contributed by atoms with Crippen LogP contribution in [-0.4, -0.2) is 6.71 Å². The van der Waals surface area contributed by atoms with E-state index >= 15 is 0 Å². The predicted octanol–water partition coefficient (Wildman–Crippen LogP) is 16.8. The highest BCUT2D eigenvalue weighted by Crippen LogP contribution is 2.57. The molecular weight excluding hydrogens is 848 g/mol. The lowest BCUT2D eigenvalue weighted by Crippen LogP contribution is -2.61. The maximum Gasteiger partial charge on any atom is 0.297 e. The van der Waals surface area contributed by atoms with Crippen molar-refractivity contribution in [1.82, 2.24) is 0 Å². The van der Waals surface area contributed by atoms with Crippen molar-refractivity contribution >= 4 is 68.4 Å². The molecule has 0 saturated carbocycles. The molecule has 0 unspecified atom stereocenters. The van der Waals surface area contributed by atoms with Gasteiger partial charge in [-0.2, -0.15) is 0 Å². The Morgan fingerprint density at radius 1 is 0.471 bits per heavy atom. The number of rotatable bonds is 3. The van der Waals surface area contributed by atoms with Crippen molar-refractivity contribution in [3.8, 4) is 11.1 Å². The maximum atomic E-state index is 7.72. The van der Waals surface area contributed by atoms with Gasteiger partial charge in [0, 0.05) is 33.7 Å². The van der Waals surface area contributed by atoms with Gasteiger partial charge in [0.2, 0.25) is 0 Å². The van der Waals surface area contributed by atoms with Crippen LogP contribution in [0.25, 0.3) is 22.1 Å². The third kappa shape index (κ3) is 7.10. The van der Waals surface area contributed by atoms with E-state index in [0.717, 1.165) is 42.6 Å². The van der Waals surface area contributed by atoms with Gasteiger partial charge in [-0.3, -0.25) is 0 Å². The maximum absolute atomic E-state index is 7.72. The minimum Gasteiger partial charge on any atom is -0.468 e. The monoisotopic (exact) mass is 925 g/mol. The highest BCUT2D eigenvalue weighted by Gasteiger charge is 2.51. The second-order valence-electron chi connectivity index (χ2n) is 27.6. The molecule has 0 saturated heterocycles. The molecule has 2 aliphatic heterocycles. The smallest absolute Gasteiger partial charge is 0.297 e. The normalized spacial score (nSPS) is 18.5. The molecular formula is C66H77BN2O. The van der Waals surface area contributed by atoms with Crippen LogP contribution in [0.5, 0.6) is 0 Å². The summed E-state index contributed by atoms with van der Waals surface area (Å²) in [6.07, 6.45) is 4.57. The first kappa shape index (κ1) is 46.9. The van der Waals surface area contributed by atoms with E-state index in [1.807, 2.05) is 0 Å². The van der Waals surface area contributed by atoms with Crippen LogP contribution >= 0.6 is 0 Å². The predicted molar refractivity (Wildman–Crippen MR) is 302 cm³/mol. The summed E-state index contributed by atoms with van der Waals surface area (Å²) in [7, 11) is 0. The molecule has 3 nitrogen and oxygen atoms in total. The van der Waals surface area contributed by atoms with Gasteiger partial charge in [-0.1, -0.05) is 178 Å². The Morgan fingerprint density at radius 3 is 1.61 bits per heavy atom. The molecule has 0 N–H and O–H groups in total. The fraction of sp³-hybridized carbons (Fsp3) is 0.424. The molecule has 4 aliphatic rings. The number of furan rings is 1. The van der Waals surface area contributed by atoms with E-state index < -0.39 is 0 Å². The number of nitrogens with zero attached hydrogens (tertiary/aromatic N) is 2. The van der Waals surface area contributed by atoms with E-state index in [0.29, 0.717) is 0 Å². The number of fused-ring (bicyclic) bond motifs is 9. The van der Waals surface area contributed by atoms with E-state index in [2.05, 4.69) is 237 Å². The van der Waals surface area contributed by atoms with Crippen molar-refractivity contribution in [2.75, 3.05) is 9.80 Å². The second kappa shape index (κ2) is 15.0. The highest BCUT2D eigenvalue weighted by atomic mass is 16.3. The van der Waals surface area contributed by atoms with Crippen molar-refractivity contribution in [3.63, 3.8) is 0 Å². The molecule has 360 valence electrons. The van der Waals surface area contributed by atoms with E-state index in [9.17, 15) is 0 Å². The second-order valence-corrected chi connectivity index (χ2v) is 27.6. The molecule has 0 amide bonds. The largest absolute Gasteiger partial charge is 0.468 e. The molecule has 0 radical (unpaired) electrons. The fourth-order valence-electron chi connectivity index (χ4n) is 12.9. The first-order chi connectivity index (χ1) is 32.6. The van der Waals surface area contributed by atoms with Gasteiger partial charge < -0.3 is 14.2 Å². The quantitative estimate of drug-likeness (QED) is 0.165. The topological polar surface area (TPSA) is 19.6 Å². The summed E-state index contributed by atoms with van der Waals surface area (Å²) >= 11 is 0. The number of benzene rings is 6. The zero-order valence-corrected chi connectivity index (χ0v) is 45.6. The van der Waals surface area contributed by atoms with Crippen LogP contribution in [0.1, 0.15) is 182 Å². The van der Waals surface area contributed by atoms with E-state index in [4.69, 9.17) is 4.42 Å². The van der Waals surface area contributed by atoms with Gasteiger partial charge in [-0.25, -0.2) is 0 Å².